The molecule has 1 N–H and O–H groups in total. The Bertz CT molecular complexity index is 891. The molecule has 3 rings (SSSR count). The molecule has 2 aromatic rings. The Kier molecular flexibility index (Phi) is 5.35. The van der Waals surface area contributed by atoms with Crippen LogP contribution in [-0.2, 0) is 9.53 Å². The van der Waals surface area contributed by atoms with Gasteiger partial charge in [0.25, 0.3) is 5.91 Å². The zero-order valence-electron chi connectivity index (χ0n) is 13.2. The van der Waals surface area contributed by atoms with Crippen LogP contribution in [0.5, 0.6) is 0 Å². The number of benzene rings is 2. The quantitative estimate of drug-likeness (QED) is 0.603. The summed E-state index contributed by atoms with van der Waals surface area (Å²) in [6.45, 7) is 0. The Hall–Kier alpha value is -2.38. The highest BCUT2D eigenvalue weighted by molar-refractivity contribution is 9.10. The second-order valence-electron chi connectivity index (χ2n) is 5.05. The Morgan fingerprint density at radius 1 is 1.20 bits per heavy atom. The van der Waals surface area contributed by atoms with Crippen molar-refractivity contribution in [2.45, 2.75) is 0 Å². The molecule has 0 aliphatic carbocycles. The van der Waals surface area contributed by atoms with Crippen LogP contribution < -0.4 is 5.32 Å². The summed E-state index contributed by atoms with van der Waals surface area (Å²) in [5.41, 5.74) is 2.02. The molecule has 0 atom stereocenters. The molecule has 0 saturated carbocycles. The SMILES string of the molecule is COC(=O)c1ccc(C=C2SC(=Nc3ccccc3Br)NC2=O)cc1. The fourth-order valence-electron chi connectivity index (χ4n) is 2.12. The summed E-state index contributed by atoms with van der Waals surface area (Å²) >= 11 is 4.70. The zero-order chi connectivity index (χ0) is 17.8. The number of amides is 1. The van der Waals surface area contributed by atoms with Crippen molar-refractivity contribution in [3.63, 3.8) is 0 Å². The molecule has 1 saturated heterocycles. The molecule has 1 aliphatic rings. The van der Waals surface area contributed by atoms with Gasteiger partial charge in [0.05, 0.1) is 23.3 Å². The van der Waals surface area contributed by atoms with Crippen LogP contribution >= 0.6 is 27.7 Å². The predicted molar refractivity (Wildman–Crippen MR) is 103 cm³/mol. The maximum absolute atomic E-state index is 12.1. The molecule has 1 heterocycles. The van der Waals surface area contributed by atoms with E-state index < -0.39 is 5.97 Å². The van der Waals surface area contributed by atoms with E-state index in [0.717, 1.165) is 15.7 Å². The summed E-state index contributed by atoms with van der Waals surface area (Å²) < 4.78 is 5.52. The minimum absolute atomic E-state index is 0.201. The van der Waals surface area contributed by atoms with Crippen LogP contribution in [0, 0.1) is 0 Å². The number of carbonyl (C=O) groups is 2. The second-order valence-corrected chi connectivity index (χ2v) is 6.93. The maximum Gasteiger partial charge on any atom is 0.337 e. The number of methoxy groups -OCH3 is 1. The smallest absolute Gasteiger partial charge is 0.337 e. The molecule has 1 aliphatic heterocycles. The molecule has 0 unspecified atom stereocenters. The predicted octanol–water partition coefficient (Wildman–Crippen LogP) is 4.13. The molecule has 2 aromatic carbocycles. The number of amidine groups is 1. The third-order valence-electron chi connectivity index (χ3n) is 3.35. The molecule has 0 radical (unpaired) electrons. The van der Waals surface area contributed by atoms with Crippen LogP contribution in [-0.4, -0.2) is 24.2 Å². The highest BCUT2D eigenvalue weighted by Crippen LogP contribution is 2.30. The Balaban J connectivity index is 1.80. The first-order valence-corrected chi connectivity index (χ1v) is 8.90. The van der Waals surface area contributed by atoms with Gasteiger partial charge >= 0.3 is 5.97 Å². The normalized spacial score (nSPS) is 17.0. The van der Waals surface area contributed by atoms with Gasteiger partial charge in [0.15, 0.2) is 5.17 Å². The number of carbonyl (C=O) groups excluding carboxylic acids is 2. The first kappa shape index (κ1) is 17.4. The van der Waals surface area contributed by atoms with E-state index in [1.54, 1.807) is 30.3 Å². The molecule has 5 nitrogen and oxygen atoms in total. The monoisotopic (exact) mass is 416 g/mol. The summed E-state index contributed by atoms with van der Waals surface area (Å²) in [4.78, 5) is 28.5. The lowest BCUT2D eigenvalue weighted by atomic mass is 10.1. The number of halogens is 1. The minimum atomic E-state index is -0.393. The van der Waals surface area contributed by atoms with Crippen LogP contribution in [0.3, 0.4) is 0 Å². The maximum atomic E-state index is 12.1. The number of aliphatic imine (C=N–C) groups is 1. The van der Waals surface area contributed by atoms with Crippen LogP contribution in [0.15, 0.2) is 62.9 Å². The number of rotatable bonds is 3. The lowest BCUT2D eigenvalue weighted by molar-refractivity contribution is -0.115. The molecule has 1 fully saturated rings. The Labute approximate surface area is 157 Å². The first-order valence-electron chi connectivity index (χ1n) is 7.29. The molecule has 1 amide bonds. The molecule has 0 bridgehead atoms. The number of esters is 1. The van der Waals surface area contributed by atoms with Crippen molar-refractivity contribution >= 4 is 56.5 Å². The van der Waals surface area contributed by atoms with Gasteiger partial charge in [-0.2, -0.15) is 0 Å². The third kappa shape index (κ3) is 4.18. The number of hydrogen-bond donors (Lipinski definition) is 1. The first-order chi connectivity index (χ1) is 12.1. The van der Waals surface area contributed by atoms with Crippen molar-refractivity contribution in [2.24, 2.45) is 4.99 Å². The van der Waals surface area contributed by atoms with E-state index in [-0.39, 0.29) is 5.91 Å². The van der Waals surface area contributed by atoms with E-state index in [9.17, 15) is 9.59 Å². The van der Waals surface area contributed by atoms with Gasteiger partial charge in [0.1, 0.15) is 0 Å². The average Bonchev–Trinajstić information content (AvgIpc) is 2.96. The van der Waals surface area contributed by atoms with Crippen molar-refractivity contribution < 1.29 is 14.3 Å². The second kappa shape index (κ2) is 7.67. The van der Waals surface area contributed by atoms with Crippen LogP contribution in [0.4, 0.5) is 5.69 Å². The summed E-state index contributed by atoms with van der Waals surface area (Å²) in [6.07, 6.45) is 1.75. The van der Waals surface area contributed by atoms with Crippen LogP contribution in [0.1, 0.15) is 15.9 Å². The number of nitrogens with one attached hydrogen (secondary N) is 1. The van der Waals surface area contributed by atoms with Crippen molar-refractivity contribution in [1.29, 1.82) is 0 Å². The summed E-state index contributed by atoms with van der Waals surface area (Å²) in [5.74, 6) is -0.595. The summed E-state index contributed by atoms with van der Waals surface area (Å²) in [7, 11) is 1.34. The lowest BCUT2D eigenvalue weighted by Gasteiger charge is -2.00. The molecule has 0 aromatic heterocycles. The fourth-order valence-corrected chi connectivity index (χ4v) is 3.33. The molecule has 126 valence electrons. The molecule has 25 heavy (non-hydrogen) atoms. The van der Waals surface area contributed by atoms with E-state index in [1.165, 1.54) is 18.9 Å². The Morgan fingerprint density at radius 2 is 1.92 bits per heavy atom. The molecular formula is C18H13BrN2O3S. The number of para-hydroxylation sites is 1. The number of nitrogens with zero attached hydrogens (tertiary/aromatic N) is 1. The third-order valence-corrected chi connectivity index (χ3v) is 4.94. The van der Waals surface area contributed by atoms with Gasteiger partial charge in [-0.3, -0.25) is 4.79 Å². The largest absolute Gasteiger partial charge is 0.465 e. The number of hydrogen-bond acceptors (Lipinski definition) is 5. The van der Waals surface area contributed by atoms with E-state index in [4.69, 9.17) is 0 Å². The van der Waals surface area contributed by atoms with Gasteiger partial charge in [-0.15, -0.1) is 0 Å². The van der Waals surface area contributed by atoms with Crippen molar-refractivity contribution in [3.8, 4) is 0 Å². The van der Waals surface area contributed by atoms with Gasteiger partial charge < -0.3 is 10.1 Å². The number of thioether (sulfide) groups is 1. The van der Waals surface area contributed by atoms with Gasteiger partial charge in [-0.25, -0.2) is 9.79 Å². The summed E-state index contributed by atoms with van der Waals surface area (Å²) in [6, 6.07) is 14.4. The fraction of sp³-hybridized carbons (Fsp3) is 0.0556. The van der Waals surface area contributed by atoms with E-state index in [0.29, 0.717) is 15.6 Å². The molecule has 7 heteroatoms. The van der Waals surface area contributed by atoms with E-state index >= 15 is 0 Å². The minimum Gasteiger partial charge on any atom is -0.465 e. The van der Waals surface area contributed by atoms with Crippen LogP contribution in [0.25, 0.3) is 6.08 Å². The van der Waals surface area contributed by atoms with Crippen LogP contribution in [0.2, 0.25) is 0 Å². The zero-order valence-corrected chi connectivity index (χ0v) is 15.6. The lowest BCUT2D eigenvalue weighted by Crippen LogP contribution is -2.19. The molecule has 0 spiro atoms. The molecular weight excluding hydrogens is 404 g/mol. The topological polar surface area (TPSA) is 67.8 Å². The number of ether oxygens (including phenoxy) is 1. The highest BCUT2D eigenvalue weighted by Gasteiger charge is 2.24. The van der Waals surface area contributed by atoms with Gasteiger partial charge in [0, 0.05) is 4.47 Å². The Morgan fingerprint density at radius 3 is 2.60 bits per heavy atom. The summed E-state index contributed by atoms with van der Waals surface area (Å²) in [5, 5.41) is 3.27. The average molecular weight is 417 g/mol. The highest BCUT2D eigenvalue weighted by atomic mass is 79.9. The standard InChI is InChI=1S/C18H13BrN2O3S/c1-24-17(23)12-8-6-11(7-9-12)10-15-16(22)21-18(25-15)20-14-5-3-2-4-13(14)19/h2-10H,1H3,(H,20,21,22). The van der Waals surface area contributed by atoms with Gasteiger partial charge in [-0.1, -0.05) is 24.3 Å². The van der Waals surface area contributed by atoms with E-state index in [2.05, 4.69) is 31.0 Å². The van der Waals surface area contributed by atoms with Gasteiger partial charge in [-0.05, 0) is 63.6 Å². The van der Waals surface area contributed by atoms with Gasteiger partial charge in [0.2, 0.25) is 0 Å². The van der Waals surface area contributed by atoms with Crippen molar-refractivity contribution in [1.82, 2.24) is 5.32 Å². The van der Waals surface area contributed by atoms with Crippen molar-refractivity contribution in [3.05, 3.63) is 69.0 Å². The van der Waals surface area contributed by atoms with Crippen molar-refractivity contribution in [2.75, 3.05) is 7.11 Å². The van der Waals surface area contributed by atoms with E-state index in [1.807, 2.05) is 24.3 Å².